The van der Waals surface area contributed by atoms with Gasteiger partial charge in [-0.2, -0.15) is 0 Å². The van der Waals surface area contributed by atoms with E-state index >= 15 is 0 Å². The zero-order valence-corrected chi connectivity index (χ0v) is 10.1. The van der Waals surface area contributed by atoms with Crippen LogP contribution >= 0.6 is 15.9 Å². The fourth-order valence-electron chi connectivity index (χ4n) is 2.13. The third-order valence-electron chi connectivity index (χ3n) is 3.00. The predicted octanol–water partition coefficient (Wildman–Crippen LogP) is 2.56. The molecular formula is C11H14BrNO. The second-order valence-corrected chi connectivity index (χ2v) is 5.29. The molecule has 0 aliphatic heterocycles. The van der Waals surface area contributed by atoms with Crippen molar-refractivity contribution in [1.82, 2.24) is 4.98 Å². The third kappa shape index (κ3) is 1.48. The minimum absolute atomic E-state index is 0.111. The molecule has 3 heteroatoms. The molecule has 0 radical (unpaired) electrons. The van der Waals surface area contributed by atoms with Gasteiger partial charge >= 0.3 is 0 Å². The van der Waals surface area contributed by atoms with Gasteiger partial charge < -0.3 is 5.11 Å². The zero-order valence-electron chi connectivity index (χ0n) is 8.47. The van der Waals surface area contributed by atoms with Gasteiger partial charge in [0.25, 0.3) is 0 Å². The average molecular weight is 256 g/mol. The normalized spacial score (nSPS) is 18.3. The fraction of sp³-hybridized carbons (Fsp3) is 0.545. The van der Waals surface area contributed by atoms with E-state index in [1.807, 2.05) is 6.07 Å². The van der Waals surface area contributed by atoms with E-state index in [0.29, 0.717) is 0 Å². The molecule has 1 aliphatic rings. The van der Waals surface area contributed by atoms with Gasteiger partial charge in [-0.25, -0.2) is 4.98 Å². The van der Waals surface area contributed by atoms with Crippen LogP contribution in [0.1, 0.15) is 37.1 Å². The van der Waals surface area contributed by atoms with Gasteiger partial charge in [0.05, 0.1) is 12.3 Å². The van der Waals surface area contributed by atoms with Crippen LogP contribution in [-0.4, -0.2) is 10.1 Å². The van der Waals surface area contributed by atoms with Crippen LogP contribution in [0.25, 0.3) is 0 Å². The summed E-state index contributed by atoms with van der Waals surface area (Å²) in [6, 6.07) is 1.92. The molecule has 0 atom stereocenters. The predicted molar refractivity (Wildman–Crippen MR) is 59.2 cm³/mol. The van der Waals surface area contributed by atoms with E-state index in [4.69, 9.17) is 0 Å². The van der Waals surface area contributed by atoms with Crippen LogP contribution in [0.5, 0.6) is 0 Å². The third-order valence-corrected chi connectivity index (χ3v) is 3.40. The summed E-state index contributed by atoms with van der Waals surface area (Å²) in [4.78, 5) is 4.52. The number of hydrogen-bond donors (Lipinski definition) is 1. The molecule has 0 fully saturated rings. The standard InChI is InChI=1S/C11H14BrNO/c1-11(2)4-3-8-7(6-14)5-9(12)13-10(8)11/h5,14H,3-4,6H2,1-2H3. The maximum Gasteiger partial charge on any atom is 0.106 e. The summed E-state index contributed by atoms with van der Waals surface area (Å²) in [6.07, 6.45) is 2.16. The number of hydrogen-bond acceptors (Lipinski definition) is 2. The number of rotatable bonds is 1. The van der Waals surface area contributed by atoms with Crippen molar-refractivity contribution < 1.29 is 5.11 Å². The molecule has 1 aromatic heterocycles. The van der Waals surface area contributed by atoms with Gasteiger partial charge in [-0.05, 0) is 46.0 Å². The molecule has 1 aromatic rings. The van der Waals surface area contributed by atoms with Gasteiger partial charge in [-0.1, -0.05) is 13.8 Å². The number of nitrogens with zero attached hydrogens (tertiary/aromatic N) is 1. The van der Waals surface area contributed by atoms with Crippen molar-refractivity contribution in [2.24, 2.45) is 0 Å². The molecule has 2 rings (SSSR count). The molecule has 0 spiro atoms. The van der Waals surface area contributed by atoms with Crippen molar-refractivity contribution >= 4 is 15.9 Å². The highest BCUT2D eigenvalue weighted by Crippen LogP contribution is 2.39. The van der Waals surface area contributed by atoms with Crippen molar-refractivity contribution in [3.05, 3.63) is 27.5 Å². The summed E-state index contributed by atoms with van der Waals surface area (Å²) < 4.78 is 0.829. The fourth-order valence-corrected chi connectivity index (χ4v) is 2.58. The lowest BCUT2D eigenvalue weighted by molar-refractivity contribution is 0.280. The topological polar surface area (TPSA) is 33.1 Å². The van der Waals surface area contributed by atoms with Gasteiger partial charge in [-0.15, -0.1) is 0 Å². The van der Waals surface area contributed by atoms with Gasteiger partial charge in [0, 0.05) is 5.41 Å². The number of pyridine rings is 1. The van der Waals surface area contributed by atoms with Crippen LogP contribution in [0.4, 0.5) is 0 Å². The average Bonchev–Trinajstić information content (AvgIpc) is 2.42. The summed E-state index contributed by atoms with van der Waals surface area (Å²) in [6.45, 7) is 4.53. The molecule has 2 nitrogen and oxygen atoms in total. The maximum absolute atomic E-state index is 9.25. The second-order valence-electron chi connectivity index (χ2n) is 4.47. The highest BCUT2D eigenvalue weighted by atomic mass is 79.9. The summed E-state index contributed by atoms with van der Waals surface area (Å²) in [5, 5.41) is 9.25. The number of fused-ring (bicyclic) bond motifs is 1. The molecule has 0 amide bonds. The van der Waals surface area contributed by atoms with Crippen molar-refractivity contribution in [3.63, 3.8) is 0 Å². The molecule has 76 valence electrons. The smallest absolute Gasteiger partial charge is 0.106 e. The van der Waals surface area contributed by atoms with Crippen LogP contribution in [0.3, 0.4) is 0 Å². The van der Waals surface area contributed by atoms with E-state index in [0.717, 1.165) is 28.7 Å². The van der Waals surface area contributed by atoms with Crippen molar-refractivity contribution in [2.75, 3.05) is 0 Å². The Bertz CT molecular complexity index is 374. The van der Waals surface area contributed by atoms with E-state index in [1.54, 1.807) is 0 Å². The Morgan fingerprint density at radius 1 is 1.57 bits per heavy atom. The highest BCUT2D eigenvalue weighted by Gasteiger charge is 2.33. The molecule has 0 saturated heterocycles. The van der Waals surface area contributed by atoms with Crippen molar-refractivity contribution in [3.8, 4) is 0 Å². The first-order valence-corrected chi connectivity index (χ1v) is 5.63. The molecule has 1 aliphatic carbocycles. The second kappa shape index (κ2) is 3.31. The van der Waals surface area contributed by atoms with E-state index in [2.05, 4.69) is 34.8 Å². The Morgan fingerprint density at radius 2 is 2.29 bits per heavy atom. The zero-order chi connectivity index (χ0) is 10.3. The van der Waals surface area contributed by atoms with Gasteiger partial charge in [0.1, 0.15) is 4.60 Å². The Labute approximate surface area is 92.5 Å². The van der Waals surface area contributed by atoms with Crippen LogP contribution < -0.4 is 0 Å². The monoisotopic (exact) mass is 255 g/mol. The minimum atomic E-state index is 0.111. The van der Waals surface area contributed by atoms with E-state index in [1.165, 1.54) is 5.56 Å². The number of aromatic nitrogens is 1. The number of aliphatic hydroxyl groups is 1. The van der Waals surface area contributed by atoms with E-state index in [9.17, 15) is 5.11 Å². The molecule has 14 heavy (non-hydrogen) atoms. The summed E-state index contributed by atoms with van der Waals surface area (Å²) in [7, 11) is 0. The van der Waals surface area contributed by atoms with Crippen molar-refractivity contribution in [1.29, 1.82) is 0 Å². The molecule has 0 saturated carbocycles. The maximum atomic E-state index is 9.25. The van der Waals surface area contributed by atoms with E-state index < -0.39 is 0 Å². The van der Waals surface area contributed by atoms with Gasteiger partial charge in [-0.3, -0.25) is 0 Å². The van der Waals surface area contributed by atoms with Gasteiger partial charge in [0.15, 0.2) is 0 Å². The SMILES string of the molecule is CC1(C)CCc2c(CO)cc(Br)nc21. The lowest BCUT2D eigenvalue weighted by Crippen LogP contribution is -2.14. The Hall–Kier alpha value is -0.410. The largest absolute Gasteiger partial charge is 0.392 e. The van der Waals surface area contributed by atoms with Crippen LogP contribution in [0, 0.1) is 0 Å². The van der Waals surface area contributed by atoms with Gasteiger partial charge in [0.2, 0.25) is 0 Å². The van der Waals surface area contributed by atoms with Crippen molar-refractivity contribution in [2.45, 2.75) is 38.7 Å². The van der Waals surface area contributed by atoms with Crippen LogP contribution in [0.2, 0.25) is 0 Å². The van der Waals surface area contributed by atoms with E-state index in [-0.39, 0.29) is 12.0 Å². The molecule has 1 heterocycles. The number of aliphatic hydroxyl groups excluding tert-OH is 1. The first kappa shape index (κ1) is 10.1. The highest BCUT2D eigenvalue weighted by molar-refractivity contribution is 9.10. The molecule has 0 aromatic carbocycles. The Kier molecular flexibility index (Phi) is 2.40. The molecule has 1 N–H and O–H groups in total. The molecular weight excluding hydrogens is 242 g/mol. The van der Waals surface area contributed by atoms with Crippen LogP contribution in [-0.2, 0) is 18.4 Å². The molecule has 0 bridgehead atoms. The molecule has 0 unspecified atom stereocenters. The quantitative estimate of drug-likeness (QED) is 0.783. The summed E-state index contributed by atoms with van der Waals surface area (Å²) in [5.41, 5.74) is 3.58. The Balaban J connectivity index is 2.62. The number of halogens is 1. The van der Waals surface area contributed by atoms with Crippen LogP contribution in [0.15, 0.2) is 10.7 Å². The Morgan fingerprint density at radius 3 is 2.93 bits per heavy atom. The first-order valence-electron chi connectivity index (χ1n) is 4.84. The summed E-state index contributed by atoms with van der Waals surface area (Å²) >= 11 is 3.39. The first-order chi connectivity index (χ1) is 6.54. The lowest BCUT2D eigenvalue weighted by Gasteiger charge is -2.18. The minimum Gasteiger partial charge on any atom is -0.392 e. The lowest BCUT2D eigenvalue weighted by atomic mass is 9.90. The summed E-state index contributed by atoms with van der Waals surface area (Å²) in [5.74, 6) is 0.